The van der Waals surface area contributed by atoms with Gasteiger partial charge in [-0.05, 0) is 6.08 Å². The van der Waals surface area contributed by atoms with Crippen molar-refractivity contribution in [2.45, 2.75) is 0 Å². The van der Waals surface area contributed by atoms with E-state index in [0.717, 1.165) is 0 Å². The van der Waals surface area contributed by atoms with Gasteiger partial charge in [-0.25, -0.2) is 4.79 Å². The average Bonchev–Trinajstić information content (AvgIpc) is 2.16. The molecule has 0 amide bonds. The number of oxime groups is 1. The number of allylic oxidation sites excluding steroid dienone is 3. The number of hydrogen-bond acceptors (Lipinski definition) is 4. The molecule has 1 atom stereocenters. The van der Waals surface area contributed by atoms with Crippen LogP contribution in [0.3, 0.4) is 0 Å². The number of rotatable bonds is 1. The predicted octanol–water partition coefficient (Wildman–Crippen LogP) is -3.36. The summed E-state index contributed by atoms with van der Waals surface area (Å²) in [5, 5.41) is 21.5. The molecule has 0 fully saturated rings. The second-order valence-corrected chi connectivity index (χ2v) is 2.22. The Bertz CT molecular complexity index is 313. The third-order valence-electron chi connectivity index (χ3n) is 1.51. The molecule has 1 unspecified atom stereocenters. The predicted molar refractivity (Wildman–Crippen MR) is 40.2 cm³/mol. The van der Waals surface area contributed by atoms with Gasteiger partial charge in [-0.3, -0.25) is 0 Å². The quantitative estimate of drug-likeness (QED) is 0.116. The minimum atomic E-state index is -0.780. The first kappa shape index (κ1) is 12.2. The van der Waals surface area contributed by atoms with Crippen molar-refractivity contribution < 1.29 is 44.7 Å². The first-order valence-corrected chi connectivity index (χ1v) is 3.28. The summed E-state index contributed by atoms with van der Waals surface area (Å²) in [5.74, 6) is 0.0702. The van der Waals surface area contributed by atoms with Crippen LogP contribution in [0.15, 0.2) is 35.0 Å². The van der Waals surface area contributed by atoms with Gasteiger partial charge in [-0.15, -0.1) is 5.16 Å². The Morgan fingerprint density at radius 2 is 2.31 bits per heavy atom. The van der Waals surface area contributed by atoms with Gasteiger partial charge in [0.2, 0.25) is 0 Å². The molecule has 1 aliphatic rings. The van der Waals surface area contributed by atoms with Crippen LogP contribution in [-0.4, -0.2) is 17.0 Å². The summed E-state index contributed by atoms with van der Waals surface area (Å²) in [6.07, 6.45) is 6.15. The van der Waals surface area contributed by atoms with Crippen molar-refractivity contribution in [1.29, 1.82) is 0 Å². The van der Waals surface area contributed by atoms with Crippen LogP contribution in [0.5, 0.6) is 0 Å². The topological polar surface area (TPSA) is 72.7 Å². The van der Waals surface area contributed by atoms with Crippen molar-refractivity contribution in [2.24, 2.45) is 11.1 Å². The Morgan fingerprint density at radius 3 is 2.85 bits per heavy atom. The van der Waals surface area contributed by atoms with E-state index in [-0.39, 0.29) is 35.1 Å². The van der Waals surface area contributed by atoms with Crippen LogP contribution in [0, 0.1) is 5.92 Å². The monoisotopic (exact) mass is 187 g/mol. The molecular weight excluding hydrogens is 181 g/mol. The van der Waals surface area contributed by atoms with Gasteiger partial charge in [-0.1, -0.05) is 18.2 Å². The maximum absolute atomic E-state index is 10.8. The van der Waals surface area contributed by atoms with Crippen molar-refractivity contribution in [3.8, 4) is 0 Å². The Balaban J connectivity index is 0.00000144. The fourth-order valence-corrected chi connectivity index (χ4v) is 0.917. The maximum Gasteiger partial charge on any atom is 1.00 e. The summed E-state index contributed by atoms with van der Waals surface area (Å²) in [6, 6.07) is 0. The van der Waals surface area contributed by atoms with Crippen molar-refractivity contribution in [1.82, 2.24) is 0 Å². The van der Waals surface area contributed by atoms with Gasteiger partial charge in [0.05, 0.1) is 0 Å². The first-order valence-electron chi connectivity index (χ1n) is 3.28. The molecule has 4 nitrogen and oxygen atoms in total. The molecule has 0 aromatic heterocycles. The van der Waals surface area contributed by atoms with Crippen LogP contribution in [0.1, 0.15) is 0 Å². The van der Waals surface area contributed by atoms with E-state index >= 15 is 0 Å². The molecule has 0 spiro atoms. The molecule has 0 radical (unpaired) electrons. The van der Waals surface area contributed by atoms with Gasteiger partial charge in [-0.2, -0.15) is 0 Å². The van der Waals surface area contributed by atoms with Gasteiger partial charge in [0, 0.05) is 17.4 Å². The van der Waals surface area contributed by atoms with Crippen molar-refractivity contribution in [3.05, 3.63) is 29.9 Å². The summed E-state index contributed by atoms with van der Waals surface area (Å²) in [7, 11) is 0. The van der Waals surface area contributed by atoms with E-state index in [4.69, 9.17) is 5.21 Å². The van der Waals surface area contributed by atoms with E-state index in [1.807, 2.05) is 0 Å². The Morgan fingerprint density at radius 1 is 1.62 bits per heavy atom. The van der Waals surface area contributed by atoms with Crippen LogP contribution in [-0.2, 0) is 4.79 Å². The Labute approximate surface area is 97.2 Å². The van der Waals surface area contributed by atoms with Crippen molar-refractivity contribution in [3.63, 3.8) is 0 Å². The zero-order chi connectivity index (χ0) is 8.97. The Kier molecular flexibility index (Phi) is 5.42. The van der Waals surface area contributed by atoms with Crippen LogP contribution in [0.4, 0.5) is 0 Å². The minimum absolute atomic E-state index is 0. The number of nitrogens with zero attached hydrogens (tertiary/aromatic N) is 1. The number of hydrogen-bond donors (Lipinski definition) is 1. The summed E-state index contributed by atoms with van der Waals surface area (Å²) in [6.45, 7) is 0. The van der Waals surface area contributed by atoms with E-state index in [1.165, 1.54) is 12.2 Å². The molecule has 62 valence electrons. The van der Waals surface area contributed by atoms with Gasteiger partial charge in [0.1, 0.15) is 5.94 Å². The zero-order valence-electron chi connectivity index (χ0n) is 7.10. The normalized spacial score (nSPS) is 20.8. The fourth-order valence-electron chi connectivity index (χ4n) is 0.917. The largest absolute Gasteiger partial charge is 1.00 e. The molecule has 0 aromatic carbocycles. The second-order valence-electron chi connectivity index (χ2n) is 2.22. The molecule has 0 saturated heterocycles. The molecule has 13 heavy (non-hydrogen) atoms. The van der Waals surface area contributed by atoms with E-state index in [1.54, 1.807) is 18.1 Å². The third kappa shape index (κ3) is 2.86. The van der Waals surface area contributed by atoms with Crippen LogP contribution in [0.25, 0.3) is 0 Å². The average molecular weight is 187 g/mol. The summed E-state index contributed by atoms with van der Waals surface area (Å²) in [4.78, 5) is 10.3. The second kappa shape index (κ2) is 5.78. The Hall–Kier alpha value is -0.800. The molecule has 0 saturated carbocycles. The maximum atomic E-state index is 10.8. The van der Waals surface area contributed by atoms with E-state index in [9.17, 15) is 9.90 Å². The molecule has 1 N–H and O–H groups in total. The van der Waals surface area contributed by atoms with Gasteiger partial charge < -0.3 is 10.3 Å². The number of carbonyl (C=O) groups excluding carboxylic acids is 1. The summed E-state index contributed by atoms with van der Waals surface area (Å²) >= 11 is 0. The van der Waals surface area contributed by atoms with Crippen molar-refractivity contribution >= 4 is 11.8 Å². The van der Waals surface area contributed by atoms with E-state index in [2.05, 4.69) is 5.16 Å². The summed E-state index contributed by atoms with van der Waals surface area (Å²) in [5.41, 5.74) is 0.181. The van der Waals surface area contributed by atoms with Crippen LogP contribution in [0.2, 0.25) is 0 Å². The minimum Gasteiger partial charge on any atom is -0.859 e. The van der Waals surface area contributed by atoms with Crippen molar-refractivity contribution in [2.75, 3.05) is 0 Å². The molecule has 0 aromatic rings. The van der Waals surface area contributed by atoms with E-state index in [0.29, 0.717) is 0 Å². The van der Waals surface area contributed by atoms with Gasteiger partial charge in [0.25, 0.3) is 0 Å². The molecule has 5 heteroatoms. The van der Waals surface area contributed by atoms with Crippen LogP contribution < -0.4 is 34.7 Å². The molecule has 0 aliphatic heterocycles. The molecule has 1 aliphatic carbocycles. The van der Waals surface area contributed by atoms with Crippen LogP contribution >= 0.6 is 0 Å². The molecular formula is C8H6NNaO3. The molecule has 0 bridgehead atoms. The molecule has 0 heterocycles. The first-order chi connectivity index (χ1) is 5.79. The smallest absolute Gasteiger partial charge is 0.859 e. The van der Waals surface area contributed by atoms with E-state index < -0.39 is 11.8 Å². The summed E-state index contributed by atoms with van der Waals surface area (Å²) < 4.78 is 0. The zero-order valence-corrected chi connectivity index (χ0v) is 9.10. The fraction of sp³-hybridized carbons (Fsp3) is 0.125. The molecule has 1 rings (SSSR count). The SMILES string of the molecule is O=C=C1C=CC=CC1C([O-])=NO.[Na+]. The third-order valence-corrected chi connectivity index (χ3v) is 1.51. The van der Waals surface area contributed by atoms with Gasteiger partial charge in [0.15, 0.2) is 0 Å². The standard InChI is InChI=1S/C8H7NO3.Na/c10-5-6-3-1-2-4-7(6)8(11)9-12;/h1-4,7,12H,(H,9,11);/q;+1/p-1. The van der Waals surface area contributed by atoms with Gasteiger partial charge >= 0.3 is 29.6 Å².